The molecule has 0 saturated heterocycles. The lowest BCUT2D eigenvalue weighted by Crippen LogP contribution is -2.14. The number of thioether (sulfide) groups is 1. The number of anilines is 1. The summed E-state index contributed by atoms with van der Waals surface area (Å²) in [5.41, 5.74) is 5.71. The Morgan fingerprint density at radius 1 is 1.32 bits per heavy atom. The van der Waals surface area contributed by atoms with Crippen LogP contribution in [0.3, 0.4) is 0 Å². The number of hydrogen-bond acceptors (Lipinski definition) is 8. The van der Waals surface area contributed by atoms with Crippen LogP contribution in [0.15, 0.2) is 34.8 Å². The molecule has 3 aromatic rings. The van der Waals surface area contributed by atoms with E-state index >= 15 is 0 Å². The zero-order chi connectivity index (χ0) is 20.1. The molecule has 3 N–H and O–H groups in total. The van der Waals surface area contributed by atoms with Gasteiger partial charge in [0, 0.05) is 0 Å². The molecule has 0 aliphatic rings. The van der Waals surface area contributed by atoms with Crippen LogP contribution in [0, 0.1) is 5.82 Å². The van der Waals surface area contributed by atoms with Gasteiger partial charge in [0.25, 0.3) is 5.91 Å². The van der Waals surface area contributed by atoms with Crippen molar-refractivity contribution in [2.24, 2.45) is 5.73 Å². The number of rotatable bonds is 8. The Balaban J connectivity index is 1.78. The minimum atomic E-state index is -0.535. The fourth-order valence-corrected chi connectivity index (χ4v) is 3.60. The molecular formula is C16H15FN6O3S2. The summed E-state index contributed by atoms with van der Waals surface area (Å²) in [4.78, 5) is 23.4. The lowest BCUT2D eigenvalue weighted by molar-refractivity contribution is -0.115. The lowest BCUT2D eigenvalue weighted by Gasteiger charge is -2.02. The number of amides is 2. The molecule has 0 bridgehead atoms. The van der Waals surface area contributed by atoms with Gasteiger partial charge in [-0.1, -0.05) is 23.1 Å². The second-order valence-electron chi connectivity index (χ2n) is 5.28. The summed E-state index contributed by atoms with van der Waals surface area (Å²) in [5.74, 6) is -1.04. The number of halogens is 1. The van der Waals surface area contributed by atoms with Gasteiger partial charge in [0.15, 0.2) is 15.8 Å². The van der Waals surface area contributed by atoms with Gasteiger partial charge in [0.1, 0.15) is 5.82 Å². The van der Waals surface area contributed by atoms with Crippen molar-refractivity contribution >= 4 is 40.0 Å². The molecule has 0 unspecified atom stereocenters. The first-order valence-corrected chi connectivity index (χ1v) is 9.81. The van der Waals surface area contributed by atoms with Crippen molar-refractivity contribution in [3.63, 3.8) is 0 Å². The van der Waals surface area contributed by atoms with E-state index in [2.05, 4.69) is 20.6 Å². The number of ether oxygens (including phenoxy) is 1. The fraction of sp³-hybridized carbons (Fsp3) is 0.188. The third-order valence-electron chi connectivity index (χ3n) is 3.25. The zero-order valence-electron chi connectivity index (χ0n) is 14.6. The number of nitrogens with zero attached hydrogens (tertiary/aromatic N) is 4. The summed E-state index contributed by atoms with van der Waals surface area (Å²) in [5, 5.41) is 14.8. The van der Waals surface area contributed by atoms with Crippen LogP contribution in [-0.4, -0.2) is 44.2 Å². The van der Waals surface area contributed by atoms with E-state index in [9.17, 15) is 14.0 Å². The van der Waals surface area contributed by atoms with Crippen molar-refractivity contribution in [3.8, 4) is 11.4 Å². The van der Waals surface area contributed by atoms with E-state index in [1.807, 2.05) is 0 Å². The summed E-state index contributed by atoms with van der Waals surface area (Å²) < 4.78 is 20.5. The molecular weight excluding hydrogens is 407 g/mol. The molecule has 0 aliphatic heterocycles. The van der Waals surface area contributed by atoms with Gasteiger partial charge in [-0.15, -0.1) is 10.2 Å². The first-order valence-electron chi connectivity index (χ1n) is 8.00. The van der Waals surface area contributed by atoms with Crippen LogP contribution >= 0.6 is 23.1 Å². The zero-order valence-corrected chi connectivity index (χ0v) is 16.2. The molecule has 9 nitrogen and oxygen atoms in total. The molecule has 1 aromatic carbocycles. The maximum atomic E-state index is 13.1. The number of benzene rings is 1. The number of hydrogen-bond donors (Lipinski definition) is 2. The molecule has 3 rings (SSSR count). The Morgan fingerprint density at radius 2 is 2.07 bits per heavy atom. The fourth-order valence-electron chi connectivity index (χ4n) is 2.11. The molecule has 0 atom stereocenters. The quantitative estimate of drug-likeness (QED) is 0.421. The minimum Gasteiger partial charge on any atom is -0.490 e. The highest BCUT2D eigenvalue weighted by molar-refractivity contribution is 8.01. The van der Waals surface area contributed by atoms with Crippen LogP contribution in [0.4, 0.5) is 9.52 Å². The number of nitrogens with two attached hydrogens (primary N) is 1. The highest BCUT2D eigenvalue weighted by atomic mass is 32.2. The van der Waals surface area contributed by atoms with Gasteiger partial charge in [-0.3, -0.25) is 14.9 Å². The Kier molecular flexibility index (Phi) is 6.21. The smallest absolute Gasteiger partial charge is 0.281 e. The first-order chi connectivity index (χ1) is 13.5. The summed E-state index contributed by atoms with van der Waals surface area (Å²) in [7, 11) is 0. The molecule has 0 radical (unpaired) electrons. The van der Waals surface area contributed by atoms with Gasteiger partial charge < -0.3 is 10.5 Å². The van der Waals surface area contributed by atoms with Crippen LogP contribution in [-0.2, 0) is 4.79 Å². The predicted octanol–water partition coefficient (Wildman–Crippen LogP) is 2.09. The maximum absolute atomic E-state index is 13.1. The third kappa shape index (κ3) is 4.84. The van der Waals surface area contributed by atoms with Crippen molar-refractivity contribution in [3.05, 3.63) is 42.0 Å². The van der Waals surface area contributed by atoms with Crippen LogP contribution in [0.1, 0.15) is 17.4 Å². The van der Waals surface area contributed by atoms with E-state index in [1.165, 1.54) is 28.9 Å². The second-order valence-corrected chi connectivity index (χ2v) is 7.48. The highest BCUT2D eigenvalue weighted by Gasteiger charge is 2.20. The molecule has 12 heteroatoms. The molecule has 2 amide bonds. The Morgan fingerprint density at radius 3 is 2.75 bits per heavy atom. The lowest BCUT2D eigenvalue weighted by atomic mass is 10.3. The summed E-state index contributed by atoms with van der Waals surface area (Å²) >= 11 is 2.24. The van der Waals surface area contributed by atoms with E-state index in [0.29, 0.717) is 16.6 Å². The van der Waals surface area contributed by atoms with Gasteiger partial charge in [-0.05, 0) is 31.2 Å². The molecule has 2 heterocycles. The summed E-state index contributed by atoms with van der Waals surface area (Å²) in [6.45, 7) is 2.12. The van der Waals surface area contributed by atoms with Crippen LogP contribution in [0.25, 0.3) is 5.69 Å². The Labute approximate surface area is 167 Å². The van der Waals surface area contributed by atoms with Gasteiger partial charge in [-0.25, -0.2) is 9.07 Å². The molecule has 0 aliphatic carbocycles. The van der Waals surface area contributed by atoms with E-state index in [0.717, 1.165) is 23.1 Å². The van der Waals surface area contributed by atoms with E-state index in [-0.39, 0.29) is 28.1 Å². The predicted molar refractivity (Wildman–Crippen MR) is 102 cm³/mol. The number of carbonyl (C=O) groups is 2. The van der Waals surface area contributed by atoms with Crippen LogP contribution in [0.5, 0.6) is 5.75 Å². The molecule has 0 spiro atoms. The number of aromatic nitrogens is 4. The third-order valence-corrected chi connectivity index (χ3v) is 5.25. The average molecular weight is 422 g/mol. The number of nitrogens with one attached hydrogen (secondary N) is 1. The van der Waals surface area contributed by atoms with E-state index in [4.69, 9.17) is 10.5 Å². The van der Waals surface area contributed by atoms with Gasteiger partial charge in [-0.2, -0.15) is 5.10 Å². The van der Waals surface area contributed by atoms with Crippen LogP contribution in [0.2, 0.25) is 0 Å². The molecule has 146 valence electrons. The van der Waals surface area contributed by atoms with Crippen molar-refractivity contribution in [1.82, 2.24) is 20.0 Å². The monoisotopic (exact) mass is 422 g/mol. The van der Waals surface area contributed by atoms with E-state index in [1.54, 1.807) is 13.1 Å². The maximum Gasteiger partial charge on any atom is 0.281 e. The van der Waals surface area contributed by atoms with Gasteiger partial charge in [0.2, 0.25) is 11.0 Å². The number of carbonyl (C=O) groups excluding carboxylic acids is 2. The summed E-state index contributed by atoms with van der Waals surface area (Å²) in [6, 6.07) is 5.66. The van der Waals surface area contributed by atoms with Crippen molar-refractivity contribution in [2.75, 3.05) is 17.7 Å². The topological polar surface area (TPSA) is 125 Å². The standard InChI is InChI=1S/C16H15FN6O3S2/c1-2-26-11-7-23(10-5-3-9(17)4-6-10)22-13(11)14(25)19-15-20-21-16(28-15)27-8-12(18)24/h3-7H,2,8H2,1H3,(H2,18,24)(H,19,20,25). The molecule has 2 aromatic heterocycles. The van der Waals surface area contributed by atoms with Gasteiger partial charge in [0.05, 0.1) is 24.2 Å². The number of primary amides is 1. The highest BCUT2D eigenvalue weighted by Crippen LogP contribution is 2.27. The second kappa shape index (κ2) is 8.80. The van der Waals surface area contributed by atoms with E-state index < -0.39 is 11.8 Å². The van der Waals surface area contributed by atoms with Gasteiger partial charge >= 0.3 is 0 Å². The summed E-state index contributed by atoms with van der Waals surface area (Å²) in [6.07, 6.45) is 1.54. The van der Waals surface area contributed by atoms with Crippen molar-refractivity contribution in [2.45, 2.75) is 11.3 Å². The first kappa shape index (κ1) is 19.8. The minimum absolute atomic E-state index is 0.0488. The average Bonchev–Trinajstić information content (AvgIpc) is 3.28. The molecule has 28 heavy (non-hydrogen) atoms. The Hall–Kier alpha value is -2.99. The molecule has 0 fully saturated rings. The van der Waals surface area contributed by atoms with Crippen LogP contribution < -0.4 is 15.8 Å². The SMILES string of the molecule is CCOc1cn(-c2ccc(F)cc2)nc1C(=O)Nc1nnc(SCC(N)=O)s1. The largest absolute Gasteiger partial charge is 0.490 e. The van der Waals surface area contributed by atoms with Crippen molar-refractivity contribution in [1.29, 1.82) is 0 Å². The Bertz CT molecular complexity index is 989. The van der Waals surface area contributed by atoms with Crippen molar-refractivity contribution < 1.29 is 18.7 Å². The molecule has 0 saturated carbocycles. The normalized spacial score (nSPS) is 10.6.